The Morgan fingerprint density at radius 3 is 2.64 bits per heavy atom. The van der Waals surface area contributed by atoms with Crippen molar-refractivity contribution in [1.29, 1.82) is 0 Å². The van der Waals surface area contributed by atoms with Crippen LogP contribution in [0.2, 0.25) is 0 Å². The summed E-state index contributed by atoms with van der Waals surface area (Å²) in [6, 6.07) is 0.280. The molecule has 0 aromatic heterocycles. The van der Waals surface area contributed by atoms with Crippen molar-refractivity contribution in [2.75, 3.05) is 6.61 Å². The van der Waals surface area contributed by atoms with Crippen LogP contribution < -0.4 is 11.3 Å². The number of ether oxygens (including phenoxy) is 1. The summed E-state index contributed by atoms with van der Waals surface area (Å²) in [5.41, 5.74) is 2.75. The zero-order valence-corrected chi connectivity index (χ0v) is 7.34. The van der Waals surface area contributed by atoms with E-state index in [1.807, 2.05) is 6.92 Å². The van der Waals surface area contributed by atoms with Crippen LogP contribution >= 0.6 is 0 Å². The van der Waals surface area contributed by atoms with E-state index >= 15 is 0 Å². The molecule has 0 aromatic rings. The van der Waals surface area contributed by atoms with Gasteiger partial charge in [0.25, 0.3) is 0 Å². The first-order chi connectivity index (χ1) is 5.29. The van der Waals surface area contributed by atoms with E-state index in [2.05, 4.69) is 12.3 Å². The molecule has 0 spiro atoms. The third-order valence-electron chi connectivity index (χ3n) is 2.20. The normalized spacial score (nSPS) is 23.2. The minimum Gasteiger partial charge on any atom is -0.377 e. The second kappa shape index (κ2) is 4.04. The number of nitrogens with two attached hydrogens (primary N) is 1. The van der Waals surface area contributed by atoms with Crippen LogP contribution in [0.1, 0.15) is 26.7 Å². The molecule has 2 unspecified atom stereocenters. The fourth-order valence-corrected chi connectivity index (χ4v) is 1.40. The summed E-state index contributed by atoms with van der Waals surface area (Å²) in [6.45, 7) is 4.88. The lowest BCUT2D eigenvalue weighted by molar-refractivity contribution is 0.0237. The Morgan fingerprint density at radius 2 is 2.27 bits per heavy atom. The molecule has 0 saturated heterocycles. The summed E-state index contributed by atoms with van der Waals surface area (Å²) >= 11 is 0. The van der Waals surface area contributed by atoms with Gasteiger partial charge < -0.3 is 4.74 Å². The molecule has 0 bridgehead atoms. The van der Waals surface area contributed by atoms with Crippen molar-refractivity contribution >= 4 is 0 Å². The van der Waals surface area contributed by atoms with Crippen LogP contribution in [0.3, 0.4) is 0 Å². The highest BCUT2D eigenvalue weighted by molar-refractivity contribution is 4.87. The first-order valence-electron chi connectivity index (χ1n) is 4.37. The molecular formula is C8H18N2O. The largest absolute Gasteiger partial charge is 0.377 e. The first kappa shape index (κ1) is 8.97. The molecule has 11 heavy (non-hydrogen) atoms. The summed E-state index contributed by atoms with van der Waals surface area (Å²) in [6.07, 6.45) is 2.93. The van der Waals surface area contributed by atoms with E-state index in [-0.39, 0.29) is 6.04 Å². The Balaban J connectivity index is 2.30. The van der Waals surface area contributed by atoms with Crippen LogP contribution in [0.15, 0.2) is 0 Å². The van der Waals surface area contributed by atoms with Gasteiger partial charge in [-0.05, 0) is 32.6 Å². The van der Waals surface area contributed by atoms with Gasteiger partial charge in [-0.25, -0.2) is 0 Å². The maximum Gasteiger partial charge on any atom is 0.0766 e. The van der Waals surface area contributed by atoms with Crippen molar-refractivity contribution in [3.63, 3.8) is 0 Å². The van der Waals surface area contributed by atoms with Crippen molar-refractivity contribution in [2.45, 2.75) is 38.8 Å². The molecule has 1 saturated carbocycles. The Hall–Kier alpha value is -0.120. The molecule has 0 aromatic carbocycles. The van der Waals surface area contributed by atoms with Gasteiger partial charge in [0.15, 0.2) is 0 Å². The molecule has 0 radical (unpaired) electrons. The lowest BCUT2D eigenvalue weighted by Crippen LogP contribution is -2.44. The predicted octanol–water partition coefficient (Wildman–Crippen LogP) is 0.653. The second-order valence-corrected chi connectivity index (χ2v) is 3.21. The highest BCUT2D eigenvalue weighted by atomic mass is 16.5. The van der Waals surface area contributed by atoms with Gasteiger partial charge in [-0.2, -0.15) is 0 Å². The molecule has 1 aliphatic rings. The highest BCUT2D eigenvalue weighted by Crippen LogP contribution is 2.35. The van der Waals surface area contributed by atoms with Gasteiger partial charge in [0.05, 0.1) is 6.10 Å². The molecular weight excluding hydrogens is 140 g/mol. The predicted molar refractivity (Wildman–Crippen MR) is 44.9 cm³/mol. The summed E-state index contributed by atoms with van der Waals surface area (Å²) in [5, 5.41) is 0. The standard InChI is InChI=1S/C8H18N2O/c1-3-11-8(6(2)10-9)7-4-5-7/h6-8,10H,3-5,9H2,1-2H3. The van der Waals surface area contributed by atoms with Gasteiger partial charge in [0.1, 0.15) is 0 Å². The summed E-state index contributed by atoms with van der Waals surface area (Å²) < 4.78 is 5.58. The summed E-state index contributed by atoms with van der Waals surface area (Å²) in [5.74, 6) is 6.09. The topological polar surface area (TPSA) is 47.3 Å². The van der Waals surface area contributed by atoms with Crippen LogP contribution in [0.5, 0.6) is 0 Å². The van der Waals surface area contributed by atoms with Crippen molar-refractivity contribution in [2.24, 2.45) is 11.8 Å². The van der Waals surface area contributed by atoms with Crippen molar-refractivity contribution in [3.8, 4) is 0 Å². The average Bonchev–Trinajstić information content (AvgIpc) is 2.81. The first-order valence-corrected chi connectivity index (χ1v) is 4.37. The van der Waals surface area contributed by atoms with Gasteiger partial charge in [-0.15, -0.1) is 0 Å². The van der Waals surface area contributed by atoms with Crippen LogP contribution in [0, 0.1) is 5.92 Å². The third kappa shape index (κ3) is 2.43. The molecule has 66 valence electrons. The van der Waals surface area contributed by atoms with Crippen molar-refractivity contribution in [3.05, 3.63) is 0 Å². The molecule has 0 amide bonds. The molecule has 3 N–H and O–H groups in total. The zero-order valence-electron chi connectivity index (χ0n) is 7.34. The average molecular weight is 158 g/mol. The van der Waals surface area contributed by atoms with Gasteiger partial charge >= 0.3 is 0 Å². The number of nitrogens with one attached hydrogen (secondary N) is 1. The SMILES string of the molecule is CCOC(C1CC1)C(C)NN. The number of hydrogen-bond donors (Lipinski definition) is 2. The van der Waals surface area contributed by atoms with Crippen LogP contribution in [0.25, 0.3) is 0 Å². The molecule has 1 fully saturated rings. The van der Waals surface area contributed by atoms with E-state index in [0.29, 0.717) is 6.10 Å². The minimum absolute atomic E-state index is 0.280. The van der Waals surface area contributed by atoms with E-state index in [4.69, 9.17) is 10.6 Å². The fraction of sp³-hybridized carbons (Fsp3) is 1.00. The van der Waals surface area contributed by atoms with E-state index in [1.165, 1.54) is 12.8 Å². The van der Waals surface area contributed by atoms with E-state index in [1.54, 1.807) is 0 Å². The Kier molecular flexibility index (Phi) is 3.30. The van der Waals surface area contributed by atoms with Crippen molar-refractivity contribution < 1.29 is 4.74 Å². The summed E-state index contributed by atoms with van der Waals surface area (Å²) in [4.78, 5) is 0. The van der Waals surface area contributed by atoms with E-state index in [0.717, 1.165) is 12.5 Å². The molecule has 0 heterocycles. The molecule has 1 rings (SSSR count). The third-order valence-corrected chi connectivity index (χ3v) is 2.20. The lowest BCUT2D eigenvalue weighted by atomic mass is 10.1. The maximum absolute atomic E-state index is 5.58. The molecule has 3 nitrogen and oxygen atoms in total. The quantitative estimate of drug-likeness (QED) is 0.456. The van der Waals surface area contributed by atoms with Gasteiger partial charge in [0, 0.05) is 12.6 Å². The van der Waals surface area contributed by atoms with E-state index < -0.39 is 0 Å². The molecule has 2 atom stereocenters. The Bertz CT molecular complexity index is 115. The molecule has 0 aliphatic heterocycles. The van der Waals surface area contributed by atoms with Gasteiger partial charge in [0.2, 0.25) is 0 Å². The maximum atomic E-state index is 5.58. The number of rotatable bonds is 5. The summed E-state index contributed by atoms with van der Waals surface area (Å²) in [7, 11) is 0. The fourth-order valence-electron chi connectivity index (χ4n) is 1.40. The second-order valence-electron chi connectivity index (χ2n) is 3.21. The molecule has 1 aliphatic carbocycles. The van der Waals surface area contributed by atoms with Gasteiger partial charge in [-0.3, -0.25) is 11.3 Å². The zero-order chi connectivity index (χ0) is 8.27. The smallest absolute Gasteiger partial charge is 0.0766 e. The minimum atomic E-state index is 0.280. The van der Waals surface area contributed by atoms with Gasteiger partial charge in [-0.1, -0.05) is 0 Å². The van der Waals surface area contributed by atoms with Crippen LogP contribution in [0.4, 0.5) is 0 Å². The molecule has 3 heteroatoms. The lowest BCUT2D eigenvalue weighted by Gasteiger charge is -2.22. The Labute approximate surface area is 68.3 Å². The Morgan fingerprint density at radius 1 is 1.64 bits per heavy atom. The monoisotopic (exact) mass is 158 g/mol. The number of hydrogen-bond acceptors (Lipinski definition) is 3. The van der Waals surface area contributed by atoms with Crippen molar-refractivity contribution in [1.82, 2.24) is 5.43 Å². The number of hydrazine groups is 1. The van der Waals surface area contributed by atoms with Crippen LogP contribution in [-0.2, 0) is 4.74 Å². The van der Waals surface area contributed by atoms with E-state index in [9.17, 15) is 0 Å². The van der Waals surface area contributed by atoms with Crippen LogP contribution in [-0.4, -0.2) is 18.8 Å². The highest BCUT2D eigenvalue weighted by Gasteiger charge is 2.34.